The molecule has 2 atom stereocenters. The van der Waals surface area contributed by atoms with E-state index in [2.05, 4.69) is 28.7 Å². The third kappa shape index (κ3) is 3.32. The maximum atomic E-state index is 9.00. The van der Waals surface area contributed by atoms with Crippen molar-refractivity contribution in [2.45, 2.75) is 39.9 Å². The van der Waals surface area contributed by atoms with E-state index in [1.165, 1.54) is 0 Å². The monoisotopic (exact) mass is 211 g/mol. The SMILES string of the molecule is CCn1ccnc1CNC(C)C(C)CO. The number of hydrogen-bond acceptors (Lipinski definition) is 3. The van der Waals surface area contributed by atoms with E-state index in [4.69, 9.17) is 5.11 Å². The highest BCUT2D eigenvalue weighted by Gasteiger charge is 2.11. The van der Waals surface area contributed by atoms with Crippen molar-refractivity contribution in [1.29, 1.82) is 0 Å². The van der Waals surface area contributed by atoms with Gasteiger partial charge < -0.3 is 15.0 Å². The number of hydrogen-bond donors (Lipinski definition) is 2. The van der Waals surface area contributed by atoms with E-state index in [0.29, 0.717) is 6.04 Å². The molecule has 0 aliphatic heterocycles. The molecule has 15 heavy (non-hydrogen) atoms. The molecule has 1 heterocycles. The molecule has 4 heteroatoms. The topological polar surface area (TPSA) is 50.1 Å². The fourth-order valence-corrected chi connectivity index (χ4v) is 1.41. The fourth-order valence-electron chi connectivity index (χ4n) is 1.41. The lowest BCUT2D eigenvalue weighted by molar-refractivity contribution is 0.206. The number of aliphatic hydroxyl groups is 1. The second-order valence-corrected chi connectivity index (χ2v) is 3.96. The van der Waals surface area contributed by atoms with Gasteiger partial charge in [0, 0.05) is 31.6 Å². The Morgan fingerprint density at radius 3 is 2.87 bits per heavy atom. The summed E-state index contributed by atoms with van der Waals surface area (Å²) in [6, 6.07) is 0.303. The number of aliphatic hydroxyl groups excluding tert-OH is 1. The van der Waals surface area contributed by atoms with Gasteiger partial charge in [-0.25, -0.2) is 4.98 Å². The summed E-state index contributed by atoms with van der Waals surface area (Å²) < 4.78 is 2.11. The van der Waals surface area contributed by atoms with E-state index in [-0.39, 0.29) is 12.5 Å². The molecule has 0 radical (unpaired) electrons. The third-order valence-electron chi connectivity index (χ3n) is 2.87. The normalized spacial score (nSPS) is 15.2. The van der Waals surface area contributed by atoms with E-state index in [1.807, 2.05) is 19.3 Å². The van der Waals surface area contributed by atoms with Gasteiger partial charge in [-0.1, -0.05) is 6.92 Å². The zero-order valence-electron chi connectivity index (χ0n) is 9.77. The Bertz CT molecular complexity index is 285. The number of nitrogens with one attached hydrogen (secondary N) is 1. The largest absolute Gasteiger partial charge is 0.396 e. The van der Waals surface area contributed by atoms with Gasteiger partial charge in [0.15, 0.2) is 0 Å². The van der Waals surface area contributed by atoms with Gasteiger partial charge in [-0.15, -0.1) is 0 Å². The molecule has 2 unspecified atom stereocenters. The number of rotatable bonds is 6. The first-order valence-electron chi connectivity index (χ1n) is 5.53. The summed E-state index contributed by atoms with van der Waals surface area (Å²) in [5.41, 5.74) is 0. The molecule has 1 rings (SSSR count). The molecule has 0 saturated heterocycles. The summed E-state index contributed by atoms with van der Waals surface area (Å²) in [5.74, 6) is 1.32. The summed E-state index contributed by atoms with van der Waals surface area (Å²) in [7, 11) is 0. The number of aromatic nitrogens is 2. The van der Waals surface area contributed by atoms with Crippen LogP contribution >= 0.6 is 0 Å². The van der Waals surface area contributed by atoms with Gasteiger partial charge in [-0.05, 0) is 19.8 Å². The molecule has 0 spiro atoms. The minimum Gasteiger partial charge on any atom is -0.396 e. The molecule has 0 bridgehead atoms. The molecule has 1 aromatic rings. The van der Waals surface area contributed by atoms with Crippen molar-refractivity contribution in [1.82, 2.24) is 14.9 Å². The summed E-state index contributed by atoms with van der Waals surface area (Å²) in [4.78, 5) is 4.28. The lowest BCUT2D eigenvalue weighted by atomic mass is 10.1. The first-order chi connectivity index (χ1) is 7.19. The van der Waals surface area contributed by atoms with Crippen LogP contribution in [0.4, 0.5) is 0 Å². The van der Waals surface area contributed by atoms with E-state index >= 15 is 0 Å². The first kappa shape index (κ1) is 12.2. The van der Waals surface area contributed by atoms with Crippen LogP contribution < -0.4 is 5.32 Å². The van der Waals surface area contributed by atoms with Gasteiger partial charge in [-0.3, -0.25) is 0 Å². The Hall–Kier alpha value is -0.870. The van der Waals surface area contributed by atoms with Gasteiger partial charge in [0.05, 0.1) is 6.54 Å². The van der Waals surface area contributed by atoms with E-state index in [1.54, 1.807) is 0 Å². The Morgan fingerprint density at radius 1 is 1.53 bits per heavy atom. The van der Waals surface area contributed by atoms with Crippen LogP contribution in [0.1, 0.15) is 26.6 Å². The molecule has 0 aliphatic rings. The summed E-state index contributed by atoms with van der Waals surface area (Å²) in [6.45, 7) is 8.14. The first-order valence-corrected chi connectivity index (χ1v) is 5.53. The second kappa shape index (κ2) is 5.88. The van der Waals surface area contributed by atoms with Gasteiger partial charge >= 0.3 is 0 Å². The Morgan fingerprint density at radius 2 is 2.27 bits per heavy atom. The van der Waals surface area contributed by atoms with Crippen LogP contribution in [-0.4, -0.2) is 27.3 Å². The fraction of sp³-hybridized carbons (Fsp3) is 0.727. The number of nitrogens with zero attached hydrogens (tertiary/aromatic N) is 2. The molecule has 0 fully saturated rings. The highest BCUT2D eigenvalue weighted by Crippen LogP contribution is 2.03. The van der Waals surface area contributed by atoms with Crippen LogP contribution in [0.2, 0.25) is 0 Å². The van der Waals surface area contributed by atoms with Crippen LogP contribution in [0.5, 0.6) is 0 Å². The predicted octanol–water partition coefficient (Wildman–Crippen LogP) is 1.01. The molecule has 0 aromatic carbocycles. The van der Waals surface area contributed by atoms with Crippen LogP contribution in [-0.2, 0) is 13.1 Å². The van der Waals surface area contributed by atoms with Crippen LogP contribution in [0.25, 0.3) is 0 Å². The quantitative estimate of drug-likeness (QED) is 0.738. The molecule has 0 amide bonds. The van der Waals surface area contributed by atoms with Crippen LogP contribution in [0.3, 0.4) is 0 Å². The Labute approximate surface area is 91.3 Å². The van der Waals surface area contributed by atoms with Crippen molar-refractivity contribution in [2.24, 2.45) is 5.92 Å². The van der Waals surface area contributed by atoms with Gasteiger partial charge in [-0.2, -0.15) is 0 Å². The van der Waals surface area contributed by atoms with Crippen molar-refractivity contribution in [3.8, 4) is 0 Å². The lowest BCUT2D eigenvalue weighted by Crippen LogP contribution is -2.34. The summed E-state index contributed by atoms with van der Waals surface area (Å²) in [5, 5.41) is 12.4. The van der Waals surface area contributed by atoms with Gasteiger partial charge in [0.1, 0.15) is 5.82 Å². The highest BCUT2D eigenvalue weighted by atomic mass is 16.3. The lowest BCUT2D eigenvalue weighted by Gasteiger charge is -2.19. The maximum absolute atomic E-state index is 9.00. The van der Waals surface area contributed by atoms with E-state index in [9.17, 15) is 0 Å². The van der Waals surface area contributed by atoms with Crippen molar-refractivity contribution < 1.29 is 5.11 Å². The van der Waals surface area contributed by atoms with Crippen molar-refractivity contribution in [3.63, 3.8) is 0 Å². The standard InChI is InChI=1S/C11H21N3O/c1-4-14-6-5-12-11(14)7-13-10(3)9(2)8-15/h5-6,9-10,13,15H,4,7-8H2,1-3H3. The molecule has 1 aromatic heterocycles. The summed E-state index contributed by atoms with van der Waals surface area (Å²) in [6.07, 6.45) is 3.80. The third-order valence-corrected chi connectivity index (χ3v) is 2.87. The van der Waals surface area contributed by atoms with E-state index in [0.717, 1.165) is 18.9 Å². The molecule has 2 N–H and O–H groups in total. The van der Waals surface area contributed by atoms with Gasteiger partial charge in [0.25, 0.3) is 0 Å². The van der Waals surface area contributed by atoms with Crippen molar-refractivity contribution in [2.75, 3.05) is 6.61 Å². The molecule has 0 saturated carbocycles. The highest BCUT2D eigenvalue weighted by molar-refractivity contribution is 4.92. The summed E-state index contributed by atoms with van der Waals surface area (Å²) >= 11 is 0. The Kier molecular flexibility index (Phi) is 4.78. The smallest absolute Gasteiger partial charge is 0.122 e. The van der Waals surface area contributed by atoms with Crippen LogP contribution in [0.15, 0.2) is 12.4 Å². The zero-order valence-corrected chi connectivity index (χ0v) is 9.77. The van der Waals surface area contributed by atoms with Crippen molar-refractivity contribution >= 4 is 0 Å². The molecule has 86 valence electrons. The molecular formula is C11H21N3O. The van der Waals surface area contributed by atoms with Gasteiger partial charge in [0.2, 0.25) is 0 Å². The maximum Gasteiger partial charge on any atom is 0.122 e. The van der Waals surface area contributed by atoms with E-state index < -0.39 is 0 Å². The minimum absolute atomic E-state index is 0.219. The second-order valence-electron chi connectivity index (χ2n) is 3.96. The zero-order chi connectivity index (χ0) is 11.3. The number of aryl methyl sites for hydroxylation is 1. The molecule has 0 aliphatic carbocycles. The minimum atomic E-state index is 0.219. The van der Waals surface area contributed by atoms with Crippen molar-refractivity contribution in [3.05, 3.63) is 18.2 Å². The molecular weight excluding hydrogens is 190 g/mol. The predicted molar refractivity (Wildman–Crippen MR) is 60.5 cm³/mol. The molecule has 4 nitrogen and oxygen atoms in total. The Balaban J connectivity index is 2.43. The number of imidazole rings is 1. The average Bonchev–Trinajstić information content (AvgIpc) is 2.71. The average molecular weight is 211 g/mol. The van der Waals surface area contributed by atoms with Crippen LogP contribution in [0, 0.1) is 5.92 Å².